The minimum absolute atomic E-state index is 0.0150. The zero-order chi connectivity index (χ0) is 17.8. The minimum Gasteiger partial charge on any atom is -0.324 e. The first-order valence-electron chi connectivity index (χ1n) is 8.90. The van der Waals surface area contributed by atoms with Crippen LogP contribution in [0.3, 0.4) is 0 Å². The molecule has 0 atom stereocenters. The van der Waals surface area contributed by atoms with E-state index < -0.39 is 0 Å². The van der Waals surface area contributed by atoms with Gasteiger partial charge in [0.25, 0.3) is 0 Å². The molecular formula is C21H25ClN2O. The zero-order valence-corrected chi connectivity index (χ0v) is 15.6. The SMILES string of the molecule is CC(C)c1ccc(CN(CC(=O)Nc2ccccc2Cl)C2CC2)cc1. The van der Waals surface area contributed by atoms with Crippen molar-refractivity contribution in [1.29, 1.82) is 0 Å². The summed E-state index contributed by atoms with van der Waals surface area (Å²) in [5, 5.41) is 3.49. The third kappa shape index (κ3) is 5.07. The molecule has 0 aromatic heterocycles. The van der Waals surface area contributed by atoms with Gasteiger partial charge in [0.1, 0.15) is 0 Å². The van der Waals surface area contributed by atoms with Crippen LogP contribution in [0.5, 0.6) is 0 Å². The second kappa shape index (κ2) is 8.03. The number of benzene rings is 2. The number of carbonyl (C=O) groups excluding carboxylic acids is 1. The summed E-state index contributed by atoms with van der Waals surface area (Å²) >= 11 is 6.12. The maximum atomic E-state index is 12.4. The Bertz CT molecular complexity index is 723. The Kier molecular flexibility index (Phi) is 5.77. The molecule has 0 unspecified atom stereocenters. The normalized spacial score (nSPS) is 14.1. The summed E-state index contributed by atoms with van der Waals surface area (Å²) in [7, 11) is 0. The molecule has 1 aliphatic rings. The van der Waals surface area contributed by atoms with Gasteiger partial charge in [0.15, 0.2) is 0 Å². The molecule has 1 fully saturated rings. The fourth-order valence-electron chi connectivity index (χ4n) is 2.93. The van der Waals surface area contributed by atoms with Crippen molar-refractivity contribution in [2.75, 3.05) is 11.9 Å². The number of hydrogen-bond donors (Lipinski definition) is 1. The molecule has 1 aliphatic carbocycles. The van der Waals surface area contributed by atoms with E-state index in [-0.39, 0.29) is 5.91 Å². The average molecular weight is 357 g/mol. The summed E-state index contributed by atoms with van der Waals surface area (Å²) in [5.41, 5.74) is 3.27. The van der Waals surface area contributed by atoms with Gasteiger partial charge in [-0.25, -0.2) is 0 Å². The van der Waals surface area contributed by atoms with Crippen LogP contribution in [0.15, 0.2) is 48.5 Å². The summed E-state index contributed by atoms with van der Waals surface area (Å²) in [4.78, 5) is 14.7. The molecule has 2 aromatic rings. The lowest BCUT2D eigenvalue weighted by Crippen LogP contribution is -2.34. The largest absolute Gasteiger partial charge is 0.324 e. The van der Waals surface area contributed by atoms with Gasteiger partial charge in [-0.15, -0.1) is 0 Å². The second-order valence-corrected chi connectivity index (χ2v) is 7.47. The van der Waals surface area contributed by atoms with Crippen LogP contribution in [0.2, 0.25) is 5.02 Å². The smallest absolute Gasteiger partial charge is 0.238 e. The minimum atomic E-state index is -0.0150. The quantitative estimate of drug-likeness (QED) is 0.751. The van der Waals surface area contributed by atoms with Gasteiger partial charge in [0, 0.05) is 12.6 Å². The predicted molar refractivity (Wildman–Crippen MR) is 104 cm³/mol. The highest BCUT2D eigenvalue weighted by Crippen LogP contribution is 2.29. The third-order valence-corrected chi connectivity index (χ3v) is 4.92. The van der Waals surface area contributed by atoms with Crippen LogP contribution < -0.4 is 5.32 Å². The first-order chi connectivity index (χ1) is 12.0. The van der Waals surface area contributed by atoms with E-state index >= 15 is 0 Å². The lowest BCUT2D eigenvalue weighted by molar-refractivity contribution is -0.117. The number of nitrogens with zero attached hydrogens (tertiary/aromatic N) is 1. The summed E-state index contributed by atoms with van der Waals surface area (Å²) in [6, 6.07) is 16.6. The van der Waals surface area contributed by atoms with E-state index in [1.54, 1.807) is 6.07 Å². The van der Waals surface area contributed by atoms with Crippen LogP contribution >= 0.6 is 11.6 Å². The first-order valence-corrected chi connectivity index (χ1v) is 9.28. The molecule has 25 heavy (non-hydrogen) atoms. The Labute approximate surface area is 155 Å². The Morgan fingerprint density at radius 2 is 1.84 bits per heavy atom. The van der Waals surface area contributed by atoms with Crippen molar-refractivity contribution in [2.24, 2.45) is 0 Å². The van der Waals surface area contributed by atoms with Crippen molar-refractivity contribution in [2.45, 2.75) is 45.2 Å². The molecular weight excluding hydrogens is 332 g/mol. The zero-order valence-electron chi connectivity index (χ0n) is 14.8. The molecule has 0 radical (unpaired) electrons. The second-order valence-electron chi connectivity index (χ2n) is 7.06. The van der Waals surface area contributed by atoms with Crippen molar-refractivity contribution in [3.05, 3.63) is 64.7 Å². The maximum Gasteiger partial charge on any atom is 0.238 e. The van der Waals surface area contributed by atoms with E-state index in [2.05, 4.69) is 48.3 Å². The Morgan fingerprint density at radius 3 is 2.44 bits per heavy atom. The van der Waals surface area contributed by atoms with E-state index in [4.69, 9.17) is 11.6 Å². The van der Waals surface area contributed by atoms with Gasteiger partial charge >= 0.3 is 0 Å². The van der Waals surface area contributed by atoms with Crippen LogP contribution in [0.4, 0.5) is 5.69 Å². The molecule has 4 heteroatoms. The monoisotopic (exact) mass is 356 g/mol. The molecule has 0 aliphatic heterocycles. The van der Waals surface area contributed by atoms with E-state index in [1.165, 1.54) is 24.0 Å². The van der Waals surface area contributed by atoms with E-state index in [0.717, 1.165) is 6.54 Å². The Balaban J connectivity index is 1.61. The molecule has 0 heterocycles. The van der Waals surface area contributed by atoms with Gasteiger partial charge in [0.05, 0.1) is 17.3 Å². The Morgan fingerprint density at radius 1 is 1.16 bits per heavy atom. The predicted octanol–water partition coefficient (Wildman–Crippen LogP) is 5.07. The topological polar surface area (TPSA) is 32.3 Å². The summed E-state index contributed by atoms with van der Waals surface area (Å²) in [6.45, 7) is 5.59. The number of anilines is 1. The molecule has 3 nitrogen and oxygen atoms in total. The fraction of sp³-hybridized carbons (Fsp3) is 0.381. The van der Waals surface area contributed by atoms with Crippen molar-refractivity contribution >= 4 is 23.2 Å². The standard InChI is InChI=1S/C21H25ClN2O/c1-15(2)17-9-7-16(8-10-17)13-24(18-11-12-18)14-21(25)23-20-6-4-3-5-19(20)22/h3-10,15,18H,11-14H2,1-2H3,(H,23,25). The van der Waals surface area contributed by atoms with Gasteiger partial charge < -0.3 is 5.32 Å². The van der Waals surface area contributed by atoms with E-state index in [1.807, 2.05) is 18.2 Å². The highest BCUT2D eigenvalue weighted by molar-refractivity contribution is 6.33. The molecule has 0 saturated heterocycles. The van der Waals surface area contributed by atoms with Crippen molar-refractivity contribution in [3.63, 3.8) is 0 Å². The van der Waals surface area contributed by atoms with E-state index in [0.29, 0.717) is 29.2 Å². The maximum absolute atomic E-state index is 12.4. The lowest BCUT2D eigenvalue weighted by atomic mass is 10.0. The molecule has 132 valence electrons. The van der Waals surface area contributed by atoms with Crippen molar-refractivity contribution in [3.8, 4) is 0 Å². The third-order valence-electron chi connectivity index (χ3n) is 4.59. The van der Waals surface area contributed by atoms with Crippen LogP contribution in [0, 0.1) is 0 Å². The summed E-state index contributed by atoms with van der Waals surface area (Å²) in [5.74, 6) is 0.522. The molecule has 0 spiro atoms. The molecule has 2 aromatic carbocycles. The van der Waals surface area contributed by atoms with Crippen molar-refractivity contribution in [1.82, 2.24) is 4.90 Å². The molecule has 1 saturated carbocycles. The van der Waals surface area contributed by atoms with E-state index in [9.17, 15) is 4.79 Å². The van der Waals surface area contributed by atoms with Gasteiger partial charge in [-0.3, -0.25) is 9.69 Å². The number of hydrogen-bond acceptors (Lipinski definition) is 2. The van der Waals surface area contributed by atoms with Gasteiger partial charge in [-0.05, 0) is 42.0 Å². The lowest BCUT2D eigenvalue weighted by Gasteiger charge is -2.22. The van der Waals surface area contributed by atoms with Crippen LogP contribution in [0.25, 0.3) is 0 Å². The molecule has 1 amide bonds. The van der Waals surface area contributed by atoms with Crippen molar-refractivity contribution < 1.29 is 4.79 Å². The molecule has 3 rings (SSSR count). The van der Waals surface area contributed by atoms with Crippen LogP contribution in [0.1, 0.15) is 43.7 Å². The number of para-hydroxylation sites is 1. The average Bonchev–Trinajstić information content (AvgIpc) is 3.42. The number of rotatable bonds is 7. The van der Waals surface area contributed by atoms with Gasteiger partial charge in [-0.2, -0.15) is 0 Å². The number of amides is 1. The highest BCUT2D eigenvalue weighted by atomic mass is 35.5. The van der Waals surface area contributed by atoms with Gasteiger partial charge in [-0.1, -0.05) is 61.8 Å². The van der Waals surface area contributed by atoms with Gasteiger partial charge in [0.2, 0.25) is 5.91 Å². The van der Waals surface area contributed by atoms with Crippen LogP contribution in [-0.2, 0) is 11.3 Å². The number of nitrogens with one attached hydrogen (secondary N) is 1. The molecule has 1 N–H and O–H groups in total. The summed E-state index contributed by atoms with van der Waals surface area (Å²) < 4.78 is 0. The molecule has 0 bridgehead atoms. The Hall–Kier alpha value is -1.84. The summed E-state index contributed by atoms with van der Waals surface area (Å²) in [6.07, 6.45) is 2.34. The number of halogens is 1. The van der Waals surface area contributed by atoms with Crippen LogP contribution in [-0.4, -0.2) is 23.4 Å². The highest BCUT2D eigenvalue weighted by Gasteiger charge is 2.30. The number of carbonyl (C=O) groups is 1. The fourth-order valence-corrected chi connectivity index (χ4v) is 3.12. The first kappa shape index (κ1) is 18.0.